The topological polar surface area (TPSA) is 47.1 Å². The molecule has 6 aromatic carbocycles. The van der Waals surface area contributed by atoms with E-state index in [1.165, 1.54) is 11.1 Å². The van der Waals surface area contributed by atoms with Gasteiger partial charge >= 0.3 is 0 Å². The molecule has 0 fully saturated rings. The van der Waals surface area contributed by atoms with Crippen LogP contribution in [-0.4, -0.2) is 15.0 Å². The minimum absolute atomic E-state index is 0.821. The first kappa shape index (κ1) is 23.2. The van der Waals surface area contributed by atoms with Crippen LogP contribution in [0.5, 0.6) is 0 Å². The summed E-state index contributed by atoms with van der Waals surface area (Å²) < 4.78 is 6.26. The predicted molar refractivity (Wildman–Crippen MR) is 166 cm³/mol. The van der Waals surface area contributed by atoms with Gasteiger partial charge in [-0.3, -0.25) is 0 Å². The molecule has 0 atom stereocenters. The molecule has 0 bridgehead atoms. The van der Waals surface area contributed by atoms with Crippen LogP contribution in [-0.2, 0) is 0 Å². The maximum atomic E-state index is 6.26. The van der Waals surface area contributed by atoms with Crippen molar-refractivity contribution < 1.29 is 4.42 Å². The zero-order chi connectivity index (χ0) is 27.2. The minimum atomic E-state index is 0.821. The van der Waals surface area contributed by atoms with Crippen LogP contribution in [0, 0.1) is 0 Å². The van der Waals surface area contributed by atoms with E-state index < -0.39 is 0 Å². The third-order valence-electron chi connectivity index (χ3n) is 7.46. The summed E-state index contributed by atoms with van der Waals surface area (Å²) in [6.45, 7) is 0. The second-order valence-electron chi connectivity index (χ2n) is 10.0. The van der Waals surface area contributed by atoms with Crippen molar-refractivity contribution in [1.29, 1.82) is 0 Å². The number of hydrogen-bond donors (Lipinski definition) is 0. The summed E-state index contributed by atoms with van der Waals surface area (Å²) in [6, 6.07) is 49.9. The van der Waals surface area contributed by atoms with Gasteiger partial charge in [-0.25, -0.2) is 0 Å². The molecule has 194 valence electrons. The number of furan rings is 1. The average molecular weight is 529 g/mol. The lowest BCUT2D eigenvalue weighted by Gasteiger charge is -2.25. The highest BCUT2D eigenvalue weighted by molar-refractivity contribution is 6.06. The van der Waals surface area contributed by atoms with Gasteiger partial charge in [0.25, 0.3) is 0 Å². The van der Waals surface area contributed by atoms with E-state index in [2.05, 4.69) is 89.8 Å². The predicted octanol–water partition coefficient (Wildman–Crippen LogP) is 9.46. The lowest BCUT2D eigenvalue weighted by molar-refractivity contribution is 0.669. The van der Waals surface area contributed by atoms with Gasteiger partial charge in [0.1, 0.15) is 22.2 Å². The summed E-state index contributed by atoms with van der Waals surface area (Å²) in [7, 11) is 0. The fourth-order valence-corrected chi connectivity index (χ4v) is 5.45. The third kappa shape index (κ3) is 4.12. The lowest BCUT2D eigenvalue weighted by atomic mass is 10.0. The summed E-state index contributed by atoms with van der Waals surface area (Å²) in [5.41, 5.74) is 9.70. The highest BCUT2D eigenvalue weighted by Gasteiger charge is 2.17. The molecule has 8 aromatic rings. The van der Waals surface area contributed by atoms with Crippen molar-refractivity contribution in [1.82, 2.24) is 15.0 Å². The molecule has 0 unspecified atom stereocenters. The van der Waals surface area contributed by atoms with Gasteiger partial charge in [-0.05, 0) is 71.8 Å². The number of anilines is 3. The van der Waals surface area contributed by atoms with Crippen LogP contribution >= 0.6 is 0 Å². The molecule has 0 aliphatic heterocycles. The number of nitrogens with zero attached hydrogens (tertiary/aromatic N) is 4. The molecule has 2 aromatic heterocycles. The van der Waals surface area contributed by atoms with Gasteiger partial charge in [0.15, 0.2) is 0 Å². The van der Waals surface area contributed by atoms with E-state index in [0.29, 0.717) is 0 Å². The van der Waals surface area contributed by atoms with E-state index in [1.54, 1.807) is 4.80 Å². The minimum Gasteiger partial charge on any atom is -0.456 e. The molecule has 0 saturated heterocycles. The Labute approximate surface area is 236 Å². The molecule has 0 amide bonds. The van der Waals surface area contributed by atoms with Crippen molar-refractivity contribution in [3.05, 3.63) is 146 Å². The van der Waals surface area contributed by atoms with Gasteiger partial charge in [0.05, 0.1) is 5.69 Å². The van der Waals surface area contributed by atoms with E-state index in [1.807, 2.05) is 60.7 Å². The molecule has 0 aliphatic carbocycles. The largest absolute Gasteiger partial charge is 0.456 e. The van der Waals surface area contributed by atoms with Crippen molar-refractivity contribution in [3.63, 3.8) is 0 Å². The first-order chi connectivity index (χ1) is 20.3. The first-order valence-corrected chi connectivity index (χ1v) is 13.6. The van der Waals surface area contributed by atoms with Gasteiger partial charge in [-0.1, -0.05) is 78.9 Å². The molecule has 0 radical (unpaired) electrons. The molecule has 0 N–H and O–H groups in total. The van der Waals surface area contributed by atoms with E-state index in [4.69, 9.17) is 14.6 Å². The second-order valence-corrected chi connectivity index (χ2v) is 10.0. The quantitative estimate of drug-likeness (QED) is 0.223. The number of fused-ring (bicyclic) bond motifs is 4. The zero-order valence-electron chi connectivity index (χ0n) is 22.1. The Hall–Kier alpha value is -5.68. The summed E-state index contributed by atoms with van der Waals surface area (Å²) >= 11 is 0. The molecule has 41 heavy (non-hydrogen) atoms. The maximum absolute atomic E-state index is 6.26. The van der Waals surface area contributed by atoms with Crippen LogP contribution in [0.25, 0.3) is 49.8 Å². The second kappa shape index (κ2) is 9.50. The highest BCUT2D eigenvalue weighted by Crippen LogP contribution is 2.39. The molecular formula is C36H24N4O. The van der Waals surface area contributed by atoms with Crippen molar-refractivity contribution in [3.8, 4) is 16.8 Å². The van der Waals surface area contributed by atoms with E-state index >= 15 is 0 Å². The molecule has 0 spiro atoms. The highest BCUT2D eigenvalue weighted by atomic mass is 16.3. The molecule has 5 nitrogen and oxygen atoms in total. The number of benzene rings is 6. The number of aromatic nitrogens is 3. The Morgan fingerprint density at radius 1 is 0.463 bits per heavy atom. The standard InChI is InChI=1S/C36H24N4O/c1-3-9-25(10-4-1)26-15-17-27(18-16-26)39(30-19-21-32-31-13-7-8-14-35(31)41-36(32)24-30)29-20-22-33-34(23-29)38-40(37-33)28-11-5-2-6-12-28/h1-24H. The number of hydrogen-bond acceptors (Lipinski definition) is 4. The maximum Gasteiger partial charge on any atom is 0.137 e. The molecule has 2 heterocycles. The molecule has 0 saturated carbocycles. The summed E-state index contributed by atoms with van der Waals surface area (Å²) in [5.74, 6) is 0. The first-order valence-electron chi connectivity index (χ1n) is 13.6. The van der Waals surface area contributed by atoms with Crippen molar-refractivity contribution >= 4 is 50.0 Å². The third-order valence-corrected chi connectivity index (χ3v) is 7.46. The summed E-state index contributed by atoms with van der Waals surface area (Å²) in [4.78, 5) is 3.93. The van der Waals surface area contributed by atoms with E-state index in [9.17, 15) is 0 Å². The fourth-order valence-electron chi connectivity index (χ4n) is 5.45. The Morgan fingerprint density at radius 2 is 1.07 bits per heavy atom. The van der Waals surface area contributed by atoms with Crippen LogP contribution in [0.1, 0.15) is 0 Å². The molecule has 8 rings (SSSR count). The van der Waals surface area contributed by atoms with Gasteiger partial charge in [-0.15, -0.1) is 10.2 Å². The average Bonchev–Trinajstić information content (AvgIpc) is 3.63. The summed E-state index contributed by atoms with van der Waals surface area (Å²) in [5, 5.41) is 11.7. The number of para-hydroxylation sites is 2. The Kier molecular flexibility index (Phi) is 5.38. The van der Waals surface area contributed by atoms with Crippen molar-refractivity contribution in [2.24, 2.45) is 0 Å². The molecule has 5 heteroatoms. The molecular weight excluding hydrogens is 504 g/mol. The lowest BCUT2D eigenvalue weighted by Crippen LogP contribution is -2.09. The Bertz CT molecular complexity index is 2150. The van der Waals surface area contributed by atoms with Gasteiger partial charge < -0.3 is 9.32 Å². The van der Waals surface area contributed by atoms with Crippen LogP contribution in [0.15, 0.2) is 150 Å². The van der Waals surface area contributed by atoms with Crippen LogP contribution in [0.4, 0.5) is 17.1 Å². The molecule has 0 aliphatic rings. The van der Waals surface area contributed by atoms with Crippen molar-refractivity contribution in [2.75, 3.05) is 4.90 Å². The monoisotopic (exact) mass is 528 g/mol. The van der Waals surface area contributed by atoms with E-state index in [-0.39, 0.29) is 0 Å². The number of rotatable bonds is 5. The normalized spacial score (nSPS) is 11.4. The summed E-state index contributed by atoms with van der Waals surface area (Å²) in [6.07, 6.45) is 0. The fraction of sp³-hybridized carbons (Fsp3) is 0. The van der Waals surface area contributed by atoms with Crippen LogP contribution < -0.4 is 4.90 Å². The van der Waals surface area contributed by atoms with E-state index in [0.717, 1.165) is 55.7 Å². The van der Waals surface area contributed by atoms with Gasteiger partial charge in [0.2, 0.25) is 0 Å². The SMILES string of the molecule is c1ccc(-c2ccc(N(c3ccc4nn(-c5ccccc5)nc4c3)c3ccc4c(c3)oc3ccccc34)cc2)cc1. The van der Waals surface area contributed by atoms with Crippen LogP contribution in [0.3, 0.4) is 0 Å². The Balaban J connectivity index is 1.27. The van der Waals surface area contributed by atoms with Gasteiger partial charge in [0, 0.05) is 33.9 Å². The smallest absolute Gasteiger partial charge is 0.137 e. The van der Waals surface area contributed by atoms with Crippen LogP contribution in [0.2, 0.25) is 0 Å². The zero-order valence-corrected chi connectivity index (χ0v) is 22.1. The van der Waals surface area contributed by atoms with Crippen molar-refractivity contribution in [2.45, 2.75) is 0 Å². The van der Waals surface area contributed by atoms with Gasteiger partial charge in [-0.2, -0.15) is 4.80 Å². The Morgan fingerprint density at radius 3 is 1.90 bits per heavy atom.